The summed E-state index contributed by atoms with van der Waals surface area (Å²) in [7, 11) is -1.14. The predicted octanol–water partition coefficient (Wildman–Crippen LogP) is 5.38. The Hall–Kier alpha value is -3.91. The third-order valence-corrected chi connectivity index (χ3v) is 10.4. The molecule has 1 saturated heterocycles. The number of anilines is 1. The van der Waals surface area contributed by atoms with E-state index in [9.17, 15) is 14.7 Å². The Kier molecular flexibility index (Phi) is 12.3. The second-order valence-electron chi connectivity index (χ2n) is 15.3. The van der Waals surface area contributed by atoms with Crippen molar-refractivity contribution < 1.29 is 33.6 Å². The molecule has 0 saturated carbocycles. The summed E-state index contributed by atoms with van der Waals surface area (Å²) in [5, 5.41) is 19.1. The Morgan fingerprint density at radius 2 is 1.82 bits per heavy atom. The van der Waals surface area contributed by atoms with Crippen LogP contribution >= 0.6 is 0 Å². The van der Waals surface area contributed by atoms with Gasteiger partial charge < -0.3 is 34.3 Å². The Morgan fingerprint density at radius 1 is 1.08 bits per heavy atom. The minimum absolute atomic E-state index is 0.0212. The van der Waals surface area contributed by atoms with Gasteiger partial charge >= 0.3 is 6.09 Å². The molecule has 272 valence electrons. The number of ether oxygens (including phenoxy) is 4. The molecule has 5 rings (SSSR count). The SMILES string of the molecule is CC(C)(C)OC(=O)N1Cc2cc(OCc3cnn(COCC[Si](C)(C)C)c3)ccc2CC1[C@H](O)CNc1ccc(C(=O)N2CCOCC2)cc1. The van der Waals surface area contributed by atoms with Crippen LogP contribution in [0.1, 0.15) is 47.8 Å². The number of aliphatic hydroxyl groups excluding tert-OH is 1. The van der Waals surface area contributed by atoms with E-state index >= 15 is 0 Å². The van der Waals surface area contributed by atoms with Crippen LogP contribution < -0.4 is 10.1 Å². The molecule has 0 bridgehead atoms. The number of aromatic nitrogens is 2. The van der Waals surface area contributed by atoms with Crippen molar-refractivity contribution in [2.45, 2.75) is 90.5 Å². The second kappa shape index (κ2) is 16.4. The molecule has 2 aliphatic heterocycles. The van der Waals surface area contributed by atoms with Crippen LogP contribution in [0, 0.1) is 0 Å². The number of rotatable bonds is 13. The van der Waals surface area contributed by atoms with Gasteiger partial charge in [0, 0.05) is 63.9 Å². The number of carbonyl (C=O) groups is 2. The van der Waals surface area contributed by atoms with E-state index in [4.69, 9.17) is 18.9 Å². The summed E-state index contributed by atoms with van der Waals surface area (Å²) < 4.78 is 24.8. The zero-order chi connectivity index (χ0) is 35.9. The number of fused-ring (bicyclic) bond motifs is 1. The maximum atomic E-state index is 13.5. The molecule has 3 aromatic rings. The Morgan fingerprint density at radius 3 is 2.52 bits per heavy atom. The molecule has 2 amide bonds. The fraction of sp³-hybridized carbons (Fsp3) is 0.541. The third kappa shape index (κ3) is 10.8. The van der Waals surface area contributed by atoms with Gasteiger partial charge in [-0.2, -0.15) is 5.10 Å². The number of aliphatic hydroxyl groups is 1. The molecule has 2 atom stereocenters. The normalized spacial score (nSPS) is 17.2. The third-order valence-electron chi connectivity index (χ3n) is 8.68. The van der Waals surface area contributed by atoms with Crippen LogP contribution in [0.25, 0.3) is 0 Å². The van der Waals surface area contributed by atoms with Crippen LogP contribution in [0.5, 0.6) is 5.75 Å². The van der Waals surface area contributed by atoms with Crippen LogP contribution in [0.15, 0.2) is 54.9 Å². The van der Waals surface area contributed by atoms with E-state index in [0.717, 1.165) is 35.0 Å². The van der Waals surface area contributed by atoms with Gasteiger partial charge in [-0.25, -0.2) is 9.48 Å². The van der Waals surface area contributed by atoms with Gasteiger partial charge in [0.2, 0.25) is 0 Å². The number of benzene rings is 2. The van der Waals surface area contributed by atoms with Crippen LogP contribution in [-0.2, 0) is 40.5 Å². The fourth-order valence-electron chi connectivity index (χ4n) is 5.83. The van der Waals surface area contributed by atoms with Gasteiger partial charge in [-0.1, -0.05) is 25.7 Å². The summed E-state index contributed by atoms with van der Waals surface area (Å²) in [6.07, 6.45) is 2.79. The summed E-state index contributed by atoms with van der Waals surface area (Å²) in [6.45, 7) is 16.7. The van der Waals surface area contributed by atoms with Crippen molar-refractivity contribution in [3.63, 3.8) is 0 Å². The number of nitrogens with zero attached hydrogens (tertiary/aromatic N) is 4. The van der Waals surface area contributed by atoms with E-state index < -0.39 is 31.9 Å². The fourth-order valence-corrected chi connectivity index (χ4v) is 6.59. The van der Waals surface area contributed by atoms with Crippen LogP contribution in [0.3, 0.4) is 0 Å². The summed E-state index contributed by atoms with van der Waals surface area (Å²) in [6, 6.07) is 13.7. The van der Waals surface area contributed by atoms with E-state index in [1.807, 2.05) is 57.3 Å². The second-order valence-corrected chi connectivity index (χ2v) is 20.9. The Bertz CT molecular complexity index is 1580. The maximum absolute atomic E-state index is 13.5. The highest BCUT2D eigenvalue weighted by Crippen LogP contribution is 2.30. The number of hydrogen-bond donors (Lipinski definition) is 2. The van der Waals surface area contributed by atoms with E-state index in [1.54, 1.807) is 32.8 Å². The standard InChI is InChI=1S/C37H53N5O7Si/c1-37(2,3)49-36(45)42-24-30-19-32(48-25-27-21-39-41(23-27)26-47-17-18-50(4,5)6)12-9-29(30)20-33(42)34(43)22-38-31-10-7-28(8-11-31)35(44)40-13-15-46-16-14-40/h7-12,19,21,23,33-34,38,43H,13-18,20,22,24-26H2,1-6H3/t33?,34-/m1/s1. The molecule has 0 radical (unpaired) electrons. The van der Waals surface area contributed by atoms with Crippen molar-refractivity contribution in [1.82, 2.24) is 19.6 Å². The van der Waals surface area contributed by atoms with Crippen molar-refractivity contribution in [2.24, 2.45) is 0 Å². The lowest BCUT2D eigenvalue weighted by Gasteiger charge is -2.40. The zero-order valence-corrected chi connectivity index (χ0v) is 31.3. The Labute approximate surface area is 296 Å². The van der Waals surface area contributed by atoms with Gasteiger partial charge in [0.1, 0.15) is 24.7 Å². The average Bonchev–Trinajstić information content (AvgIpc) is 3.54. The van der Waals surface area contributed by atoms with Crippen LogP contribution in [-0.4, -0.2) is 102 Å². The first kappa shape index (κ1) is 37.3. The molecular formula is C37H53N5O7Si. The van der Waals surface area contributed by atoms with Gasteiger partial charge in [0.25, 0.3) is 5.91 Å². The van der Waals surface area contributed by atoms with Gasteiger partial charge in [-0.15, -0.1) is 0 Å². The Balaban J connectivity index is 1.19. The summed E-state index contributed by atoms with van der Waals surface area (Å²) in [5.74, 6) is 0.662. The molecule has 0 aliphatic carbocycles. The van der Waals surface area contributed by atoms with Gasteiger partial charge in [-0.05, 0) is 80.8 Å². The molecule has 12 nitrogen and oxygen atoms in total. The number of nitrogens with one attached hydrogen (secondary N) is 1. The van der Waals surface area contributed by atoms with E-state index in [1.165, 1.54) is 0 Å². The van der Waals surface area contributed by atoms with Gasteiger partial charge in [0.05, 0.1) is 31.6 Å². The lowest BCUT2D eigenvalue weighted by Crippen LogP contribution is -2.53. The smallest absolute Gasteiger partial charge is 0.410 e. The summed E-state index contributed by atoms with van der Waals surface area (Å²) >= 11 is 0. The topological polar surface area (TPSA) is 128 Å². The summed E-state index contributed by atoms with van der Waals surface area (Å²) in [5.41, 5.74) is 3.59. The molecule has 0 spiro atoms. The van der Waals surface area contributed by atoms with Crippen molar-refractivity contribution in [2.75, 3.05) is 44.8 Å². The predicted molar refractivity (Wildman–Crippen MR) is 194 cm³/mol. The van der Waals surface area contributed by atoms with Crippen LogP contribution in [0.2, 0.25) is 25.7 Å². The lowest BCUT2D eigenvalue weighted by atomic mass is 9.91. The lowest BCUT2D eigenvalue weighted by molar-refractivity contribution is -0.00942. The van der Waals surface area contributed by atoms with Crippen molar-refractivity contribution in [3.8, 4) is 5.75 Å². The average molecular weight is 708 g/mol. The highest BCUT2D eigenvalue weighted by Gasteiger charge is 2.37. The first-order chi connectivity index (χ1) is 23.7. The quantitative estimate of drug-likeness (QED) is 0.178. The first-order valence-electron chi connectivity index (χ1n) is 17.5. The number of hydrogen-bond acceptors (Lipinski definition) is 9. The molecule has 1 fully saturated rings. The molecular weight excluding hydrogens is 655 g/mol. The van der Waals surface area contributed by atoms with Crippen molar-refractivity contribution in [1.29, 1.82) is 0 Å². The van der Waals surface area contributed by atoms with Gasteiger partial charge in [-0.3, -0.25) is 9.69 Å². The highest BCUT2D eigenvalue weighted by atomic mass is 28.3. The van der Waals surface area contributed by atoms with Crippen molar-refractivity contribution >= 4 is 25.8 Å². The largest absolute Gasteiger partial charge is 0.489 e. The van der Waals surface area contributed by atoms with E-state index in [-0.39, 0.29) is 19.0 Å². The van der Waals surface area contributed by atoms with E-state index in [2.05, 4.69) is 30.1 Å². The summed E-state index contributed by atoms with van der Waals surface area (Å²) in [4.78, 5) is 29.7. The monoisotopic (exact) mass is 707 g/mol. The molecule has 13 heteroatoms. The minimum atomic E-state index is -1.14. The molecule has 1 aromatic heterocycles. The number of amides is 2. The van der Waals surface area contributed by atoms with Crippen LogP contribution in [0.4, 0.5) is 10.5 Å². The zero-order valence-electron chi connectivity index (χ0n) is 30.3. The van der Waals surface area contributed by atoms with Crippen molar-refractivity contribution in [3.05, 3.63) is 77.1 Å². The van der Waals surface area contributed by atoms with E-state index in [0.29, 0.717) is 57.4 Å². The minimum Gasteiger partial charge on any atom is -0.489 e. The molecule has 2 N–H and O–H groups in total. The number of carbonyl (C=O) groups excluding carboxylic acids is 2. The first-order valence-corrected chi connectivity index (χ1v) is 21.2. The maximum Gasteiger partial charge on any atom is 0.410 e. The molecule has 1 unspecified atom stereocenters. The molecule has 2 aliphatic rings. The molecule has 50 heavy (non-hydrogen) atoms. The molecule has 2 aromatic carbocycles. The van der Waals surface area contributed by atoms with Gasteiger partial charge in [0.15, 0.2) is 0 Å². The highest BCUT2D eigenvalue weighted by molar-refractivity contribution is 6.76. The number of morpholine rings is 1. The molecule has 3 heterocycles.